The van der Waals surface area contributed by atoms with Crippen LogP contribution in [0.4, 0.5) is 0 Å². The van der Waals surface area contributed by atoms with E-state index in [-0.39, 0.29) is 11.6 Å². The Morgan fingerprint density at radius 2 is 1.69 bits per heavy atom. The number of fused-ring (bicyclic) bond motifs is 1. The third-order valence-corrected chi connectivity index (χ3v) is 6.02. The molecular formula is C24H24N4O4. The zero-order chi connectivity index (χ0) is 22.2. The molecule has 2 heterocycles. The summed E-state index contributed by atoms with van der Waals surface area (Å²) in [5.41, 5.74) is 3.55. The van der Waals surface area contributed by atoms with Crippen molar-refractivity contribution in [1.82, 2.24) is 19.7 Å². The normalized spacial score (nSPS) is 14.2. The number of methoxy groups -OCH3 is 2. The molecule has 0 radical (unpaired) electrons. The van der Waals surface area contributed by atoms with Crippen molar-refractivity contribution in [2.45, 2.75) is 38.6 Å². The number of ether oxygens (including phenoxy) is 2. The van der Waals surface area contributed by atoms with Crippen LogP contribution in [0.2, 0.25) is 0 Å². The highest BCUT2D eigenvalue weighted by atomic mass is 16.5. The monoisotopic (exact) mass is 432 g/mol. The van der Waals surface area contributed by atoms with Gasteiger partial charge in [0.2, 0.25) is 5.82 Å². The van der Waals surface area contributed by atoms with Crippen LogP contribution in [0.25, 0.3) is 33.9 Å². The summed E-state index contributed by atoms with van der Waals surface area (Å²) < 4.78 is 18.1. The highest BCUT2D eigenvalue weighted by Gasteiger charge is 2.22. The molecule has 32 heavy (non-hydrogen) atoms. The molecule has 0 spiro atoms. The summed E-state index contributed by atoms with van der Waals surface area (Å²) >= 11 is 0. The highest BCUT2D eigenvalue weighted by Crippen LogP contribution is 2.33. The first kappa shape index (κ1) is 20.2. The third-order valence-electron chi connectivity index (χ3n) is 6.02. The molecule has 0 saturated heterocycles. The Balaban J connectivity index is 1.56. The molecule has 5 rings (SSSR count). The lowest BCUT2D eigenvalue weighted by Crippen LogP contribution is -2.26. The average molecular weight is 432 g/mol. The van der Waals surface area contributed by atoms with Crippen LogP contribution in [0.15, 0.2) is 45.7 Å². The van der Waals surface area contributed by atoms with Crippen molar-refractivity contribution in [2.24, 2.45) is 0 Å². The van der Waals surface area contributed by atoms with Gasteiger partial charge in [0.05, 0.1) is 25.3 Å². The molecule has 8 nitrogen and oxygen atoms in total. The predicted octanol–water partition coefficient (Wildman–Crippen LogP) is 4.55. The Morgan fingerprint density at radius 3 is 2.38 bits per heavy atom. The van der Waals surface area contributed by atoms with E-state index >= 15 is 0 Å². The van der Waals surface area contributed by atoms with E-state index in [9.17, 15) is 4.79 Å². The van der Waals surface area contributed by atoms with Gasteiger partial charge in [0, 0.05) is 23.2 Å². The summed E-state index contributed by atoms with van der Waals surface area (Å²) in [6.45, 7) is 1.77. The summed E-state index contributed by atoms with van der Waals surface area (Å²) in [7, 11) is 3.18. The second-order valence-electron chi connectivity index (χ2n) is 8.04. The van der Waals surface area contributed by atoms with Gasteiger partial charge in [-0.2, -0.15) is 4.98 Å². The number of aryl methyl sites for hydroxylation is 1. The molecule has 0 atom stereocenters. The Morgan fingerprint density at radius 1 is 0.969 bits per heavy atom. The van der Waals surface area contributed by atoms with Gasteiger partial charge >= 0.3 is 0 Å². The zero-order valence-corrected chi connectivity index (χ0v) is 18.3. The summed E-state index contributed by atoms with van der Waals surface area (Å²) in [4.78, 5) is 21.9. The SMILES string of the molecule is COc1cc(OC)cc(-c2nc(-c3ccc4c(c3)nc(C)c(=O)n4C3CCCC3)no2)c1. The van der Waals surface area contributed by atoms with E-state index in [1.54, 1.807) is 27.2 Å². The lowest BCUT2D eigenvalue weighted by molar-refractivity contribution is 0.393. The van der Waals surface area contributed by atoms with Crippen LogP contribution in [0.5, 0.6) is 11.5 Å². The molecule has 1 fully saturated rings. The van der Waals surface area contributed by atoms with E-state index in [1.807, 2.05) is 34.9 Å². The van der Waals surface area contributed by atoms with Crippen LogP contribution in [-0.4, -0.2) is 33.9 Å². The van der Waals surface area contributed by atoms with Crippen LogP contribution in [-0.2, 0) is 0 Å². The lowest BCUT2D eigenvalue weighted by Gasteiger charge is -2.17. The summed E-state index contributed by atoms with van der Waals surface area (Å²) in [6, 6.07) is 11.4. The molecule has 0 amide bonds. The third kappa shape index (κ3) is 3.51. The van der Waals surface area contributed by atoms with Crippen LogP contribution in [0.3, 0.4) is 0 Å². The van der Waals surface area contributed by atoms with E-state index in [0.29, 0.717) is 34.5 Å². The standard InChI is InChI=1S/C24H24N4O4/c1-14-24(29)28(17-6-4-5-7-17)21-9-8-15(12-20(21)25-14)22-26-23(32-27-22)16-10-18(30-2)13-19(11-16)31-3/h8-13,17H,4-7H2,1-3H3. The molecule has 0 unspecified atom stereocenters. The fourth-order valence-corrected chi connectivity index (χ4v) is 4.38. The molecule has 1 aliphatic carbocycles. The fourth-order valence-electron chi connectivity index (χ4n) is 4.38. The van der Waals surface area contributed by atoms with Crippen molar-refractivity contribution in [3.8, 4) is 34.3 Å². The molecule has 2 aromatic carbocycles. The van der Waals surface area contributed by atoms with Gasteiger partial charge in [0.15, 0.2) is 0 Å². The minimum atomic E-state index is -0.00836. The van der Waals surface area contributed by atoms with E-state index in [2.05, 4.69) is 15.1 Å². The van der Waals surface area contributed by atoms with Gasteiger partial charge in [-0.1, -0.05) is 18.0 Å². The molecule has 8 heteroatoms. The molecule has 0 N–H and O–H groups in total. The molecular weight excluding hydrogens is 408 g/mol. The van der Waals surface area contributed by atoms with E-state index < -0.39 is 0 Å². The summed E-state index contributed by atoms with van der Waals surface area (Å²) in [6.07, 6.45) is 4.36. The predicted molar refractivity (Wildman–Crippen MR) is 120 cm³/mol. The number of nitrogens with zero attached hydrogens (tertiary/aromatic N) is 4. The first-order chi connectivity index (χ1) is 15.6. The molecule has 1 aliphatic rings. The first-order valence-electron chi connectivity index (χ1n) is 10.7. The van der Waals surface area contributed by atoms with Crippen molar-refractivity contribution >= 4 is 11.0 Å². The molecule has 0 bridgehead atoms. The average Bonchev–Trinajstić information content (AvgIpc) is 3.52. The Kier molecular flexibility index (Phi) is 5.13. The fraction of sp³-hybridized carbons (Fsp3) is 0.333. The highest BCUT2D eigenvalue weighted by molar-refractivity contribution is 5.80. The summed E-state index contributed by atoms with van der Waals surface area (Å²) in [5.74, 6) is 2.07. The minimum absolute atomic E-state index is 0.00836. The van der Waals surface area contributed by atoms with Gasteiger partial charge in [0.1, 0.15) is 17.2 Å². The molecule has 164 valence electrons. The molecule has 2 aromatic heterocycles. The smallest absolute Gasteiger partial charge is 0.272 e. The van der Waals surface area contributed by atoms with Crippen molar-refractivity contribution in [2.75, 3.05) is 14.2 Å². The van der Waals surface area contributed by atoms with Gasteiger partial charge in [-0.3, -0.25) is 4.79 Å². The number of hydrogen-bond donors (Lipinski definition) is 0. The van der Waals surface area contributed by atoms with Gasteiger partial charge in [0.25, 0.3) is 11.4 Å². The van der Waals surface area contributed by atoms with Crippen molar-refractivity contribution < 1.29 is 14.0 Å². The van der Waals surface area contributed by atoms with Gasteiger partial charge in [-0.25, -0.2) is 4.98 Å². The molecule has 1 saturated carbocycles. The van der Waals surface area contributed by atoms with Crippen molar-refractivity contribution in [3.63, 3.8) is 0 Å². The maximum absolute atomic E-state index is 12.8. The number of hydrogen-bond acceptors (Lipinski definition) is 7. The van der Waals surface area contributed by atoms with Crippen LogP contribution in [0.1, 0.15) is 37.4 Å². The van der Waals surface area contributed by atoms with E-state index in [4.69, 9.17) is 14.0 Å². The zero-order valence-electron chi connectivity index (χ0n) is 18.3. The lowest BCUT2D eigenvalue weighted by atomic mass is 10.1. The Labute approximate surface area is 184 Å². The van der Waals surface area contributed by atoms with Crippen molar-refractivity contribution in [3.05, 3.63) is 52.4 Å². The van der Waals surface area contributed by atoms with Crippen molar-refractivity contribution in [1.29, 1.82) is 0 Å². The maximum Gasteiger partial charge on any atom is 0.272 e. The number of rotatable bonds is 5. The van der Waals surface area contributed by atoms with Gasteiger partial charge in [-0.05, 0) is 50.1 Å². The first-order valence-corrected chi connectivity index (χ1v) is 10.7. The maximum atomic E-state index is 12.8. The van der Waals surface area contributed by atoms with Crippen LogP contribution >= 0.6 is 0 Å². The Hall–Kier alpha value is -3.68. The van der Waals surface area contributed by atoms with Crippen LogP contribution < -0.4 is 15.0 Å². The van der Waals surface area contributed by atoms with E-state index in [0.717, 1.165) is 42.3 Å². The number of benzene rings is 2. The van der Waals surface area contributed by atoms with Gasteiger partial charge in [-0.15, -0.1) is 0 Å². The molecule has 4 aromatic rings. The molecule has 0 aliphatic heterocycles. The Bertz CT molecular complexity index is 1330. The quantitative estimate of drug-likeness (QED) is 0.457. The second-order valence-corrected chi connectivity index (χ2v) is 8.04. The topological polar surface area (TPSA) is 92.3 Å². The van der Waals surface area contributed by atoms with E-state index in [1.165, 1.54) is 0 Å². The van der Waals surface area contributed by atoms with Crippen LogP contribution in [0, 0.1) is 6.92 Å². The second kappa shape index (κ2) is 8.11. The summed E-state index contributed by atoms with van der Waals surface area (Å²) in [5, 5.41) is 4.16. The number of aromatic nitrogens is 4. The minimum Gasteiger partial charge on any atom is -0.497 e. The largest absolute Gasteiger partial charge is 0.497 e. The van der Waals surface area contributed by atoms with Gasteiger partial charge < -0.3 is 18.6 Å².